The SMILES string of the molecule is CCOCCN(CC)C(CO)C(N)CC. The molecule has 0 aromatic heterocycles. The van der Waals surface area contributed by atoms with E-state index in [9.17, 15) is 5.11 Å². The molecule has 0 heterocycles. The maximum atomic E-state index is 9.32. The number of nitrogens with two attached hydrogens (primary N) is 1. The van der Waals surface area contributed by atoms with Crippen LogP contribution >= 0.6 is 0 Å². The highest BCUT2D eigenvalue weighted by Crippen LogP contribution is 2.05. The Hall–Kier alpha value is -0.160. The number of nitrogens with zero attached hydrogens (tertiary/aromatic N) is 1. The second-order valence-electron chi connectivity index (χ2n) is 3.65. The van der Waals surface area contributed by atoms with Crippen molar-refractivity contribution in [3.63, 3.8) is 0 Å². The van der Waals surface area contributed by atoms with Gasteiger partial charge in [0.25, 0.3) is 0 Å². The second kappa shape index (κ2) is 9.09. The standard InChI is InChI=1S/C11H26N2O2/c1-4-10(12)11(9-14)13(5-2)7-8-15-6-3/h10-11,14H,4-9,12H2,1-3H3. The fourth-order valence-electron chi connectivity index (χ4n) is 1.68. The molecule has 0 aromatic carbocycles. The smallest absolute Gasteiger partial charge is 0.0601 e. The van der Waals surface area contributed by atoms with E-state index in [2.05, 4.69) is 11.8 Å². The highest BCUT2D eigenvalue weighted by molar-refractivity contribution is 4.80. The third-order valence-electron chi connectivity index (χ3n) is 2.75. The topological polar surface area (TPSA) is 58.7 Å². The van der Waals surface area contributed by atoms with Gasteiger partial charge in [-0.1, -0.05) is 13.8 Å². The van der Waals surface area contributed by atoms with Gasteiger partial charge in [-0.15, -0.1) is 0 Å². The normalized spacial score (nSPS) is 15.6. The molecule has 0 aliphatic rings. The van der Waals surface area contributed by atoms with Gasteiger partial charge in [0.05, 0.1) is 13.2 Å². The zero-order valence-electron chi connectivity index (χ0n) is 10.3. The van der Waals surface area contributed by atoms with Crippen LogP contribution < -0.4 is 5.73 Å². The van der Waals surface area contributed by atoms with Crippen LogP contribution in [0.25, 0.3) is 0 Å². The molecule has 4 nitrogen and oxygen atoms in total. The molecule has 0 aliphatic heterocycles. The van der Waals surface area contributed by atoms with Crippen molar-refractivity contribution in [3.8, 4) is 0 Å². The molecule has 4 heteroatoms. The van der Waals surface area contributed by atoms with Crippen LogP contribution in [0.15, 0.2) is 0 Å². The zero-order chi connectivity index (χ0) is 11.7. The van der Waals surface area contributed by atoms with Crippen molar-refractivity contribution in [2.24, 2.45) is 5.73 Å². The molecular weight excluding hydrogens is 192 g/mol. The molecule has 15 heavy (non-hydrogen) atoms. The summed E-state index contributed by atoms with van der Waals surface area (Å²) in [5.74, 6) is 0. The van der Waals surface area contributed by atoms with Crippen molar-refractivity contribution in [2.45, 2.75) is 39.3 Å². The molecule has 0 fully saturated rings. The Morgan fingerprint density at radius 2 is 2.00 bits per heavy atom. The number of likely N-dealkylation sites (N-methyl/N-ethyl adjacent to an activating group) is 1. The van der Waals surface area contributed by atoms with E-state index in [0.29, 0.717) is 6.61 Å². The summed E-state index contributed by atoms with van der Waals surface area (Å²) in [6.45, 7) is 9.40. The number of ether oxygens (including phenoxy) is 1. The zero-order valence-corrected chi connectivity index (χ0v) is 10.3. The van der Waals surface area contributed by atoms with Crippen LogP contribution in [0, 0.1) is 0 Å². The van der Waals surface area contributed by atoms with Gasteiger partial charge < -0.3 is 15.6 Å². The minimum absolute atomic E-state index is 0.0385. The Bertz CT molecular complexity index is 145. The lowest BCUT2D eigenvalue weighted by atomic mass is 10.1. The van der Waals surface area contributed by atoms with Gasteiger partial charge in [-0.2, -0.15) is 0 Å². The van der Waals surface area contributed by atoms with Gasteiger partial charge in [0.1, 0.15) is 0 Å². The molecule has 2 unspecified atom stereocenters. The number of rotatable bonds is 9. The Morgan fingerprint density at radius 3 is 2.40 bits per heavy atom. The molecule has 0 saturated heterocycles. The molecule has 0 aliphatic carbocycles. The van der Waals surface area contributed by atoms with Crippen LogP contribution in [0.5, 0.6) is 0 Å². The third kappa shape index (κ3) is 5.47. The molecule has 0 spiro atoms. The van der Waals surface area contributed by atoms with E-state index in [1.54, 1.807) is 0 Å². The molecule has 0 radical (unpaired) electrons. The summed E-state index contributed by atoms with van der Waals surface area (Å²) in [5.41, 5.74) is 5.97. The van der Waals surface area contributed by atoms with Crippen LogP contribution in [0.2, 0.25) is 0 Å². The van der Waals surface area contributed by atoms with Crippen molar-refractivity contribution in [1.82, 2.24) is 4.90 Å². The first-order valence-electron chi connectivity index (χ1n) is 5.89. The van der Waals surface area contributed by atoms with Crippen molar-refractivity contribution in [1.29, 1.82) is 0 Å². The van der Waals surface area contributed by atoms with E-state index in [-0.39, 0.29) is 18.7 Å². The lowest BCUT2D eigenvalue weighted by molar-refractivity contribution is 0.0644. The predicted molar refractivity (Wildman–Crippen MR) is 62.9 cm³/mol. The van der Waals surface area contributed by atoms with Gasteiger partial charge in [-0.3, -0.25) is 4.90 Å². The molecule has 0 rings (SSSR count). The molecular formula is C11H26N2O2. The average Bonchev–Trinajstić information content (AvgIpc) is 2.27. The quantitative estimate of drug-likeness (QED) is 0.551. The summed E-state index contributed by atoms with van der Waals surface area (Å²) >= 11 is 0. The monoisotopic (exact) mass is 218 g/mol. The van der Waals surface area contributed by atoms with Gasteiger partial charge >= 0.3 is 0 Å². The van der Waals surface area contributed by atoms with E-state index < -0.39 is 0 Å². The lowest BCUT2D eigenvalue weighted by Crippen LogP contribution is -2.50. The molecule has 0 bridgehead atoms. The fourth-order valence-corrected chi connectivity index (χ4v) is 1.68. The molecule has 0 amide bonds. The maximum Gasteiger partial charge on any atom is 0.0601 e. The van der Waals surface area contributed by atoms with E-state index in [1.165, 1.54) is 0 Å². The Labute approximate surface area is 93.4 Å². The van der Waals surface area contributed by atoms with Crippen LogP contribution in [0.3, 0.4) is 0 Å². The predicted octanol–water partition coefficient (Wildman–Crippen LogP) is 0.443. The van der Waals surface area contributed by atoms with Gasteiger partial charge in [0, 0.05) is 25.2 Å². The number of hydrogen-bond acceptors (Lipinski definition) is 4. The molecule has 92 valence electrons. The minimum atomic E-state index is 0.0385. The number of hydrogen-bond donors (Lipinski definition) is 2. The summed E-state index contributed by atoms with van der Waals surface area (Å²) < 4.78 is 5.31. The summed E-state index contributed by atoms with van der Waals surface area (Å²) in [6, 6.07) is 0.0945. The van der Waals surface area contributed by atoms with Crippen molar-refractivity contribution < 1.29 is 9.84 Å². The van der Waals surface area contributed by atoms with Crippen LogP contribution in [0.1, 0.15) is 27.2 Å². The number of aliphatic hydroxyl groups excluding tert-OH is 1. The van der Waals surface area contributed by atoms with Gasteiger partial charge in [0.15, 0.2) is 0 Å². The largest absolute Gasteiger partial charge is 0.395 e. The first-order valence-corrected chi connectivity index (χ1v) is 5.89. The molecule has 3 N–H and O–H groups in total. The highest BCUT2D eigenvalue weighted by Gasteiger charge is 2.21. The first-order chi connectivity index (χ1) is 7.21. The summed E-state index contributed by atoms with van der Waals surface area (Å²) in [5, 5.41) is 9.32. The summed E-state index contributed by atoms with van der Waals surface area (Å²) in [7, 11) is 0. The van der Waals surface area contributed by atoms with Gasteiger partial charge in [-0.05, 0) is 19.9 Å². The van der Waals surface area contributed by atoms with E-state index in [1.807, 2.05) is 13.8 Å². The lowest BCUT2D eigenvalue weighted by Gasteiger charge is -2.33. The van der Waals surface area contributed by atoms with Gasteiger partial charge in [0.2, 0.25) is 0 Å². The van der Waals surface area contributed by atoms with E-state index in [0.717, 1.165) is 26.1 Å². The number of aliphatic hydroxyl groups is 1. The summed E-state index contributed by atoms with van der Waals surface area (Å²) in [6.07, 6.45) is 0.885. The van der Waals surface area contributed by atoms with Crippen molar-refractivity contribution in [2.75, 3.05) is 32.9 Å². The Kier molecular flexibility index (Phi) is 9.00. The summed E-state index contributed by atoms with van der Waals surface area (Å²) in [4.78, 5) is 2.18. The molecule has 2 atom stereocenters. The molecule has 0 aromatic rings. The molecule has 0 saturated carbocycles. The average molecular weight is 218 g/mol. The van der Waals surface area contributed by atoms with Crippen molar-refractivity contribution in [3.05, 3.63) is 0 Å². The van der Waals surface area contributed by atoms with Gasteiger partial charge in [-0.25, -0.2) is 0 Å². The highest BCUT2D eigenvalue weighted by atomic mass is 16.5. The maximum absolute atomic E-state index is 9.32. The minimum Gasteiger partial charge on any atom is -0.395 e. The fraction of sp³-hybridized carbons (Fsp3) is 1.00. The Morgan fingerprint density at radius 1 is 1.33 bits per heavy atom. The first kappa shape index (κ1) is 14.8. The third-order valence-corrected chi connectivity index (χ3v) is 2.75. The van der Waals surface area contributed by atoms with Crippen LogP contribution in [-0.2, 0) is 4.74 Å². The van der Waals surface area contributed by atoms with Crippen LogP contribution in [-0.4, -0.2) is 55.0 Å². The van der Waals surface area contributed by atoms with E-state index in [4.69, 9.17) is 10.5 Å². The Balaban J connectivity index is 4.08. The van der Waals surface area contributed by atoms with Crippen LogP contribution in [0.4, 0.5) is 0 Å². The van der Waals surface area contributed by atoms with E-state index >= 15 is 0 Å². The second-order valence-corrected chi connectivity index (χ2v) is 3.65. The van der Waals surface area contributed by atoms with Crippen molar-refractivity contribution >= 4 is 0 Å².